The summed E-state index contributed by atoms with van der Waals surface area (Å²) in [6.45, 7) is -0.307. The van der Waals surface area contributed by atoms with Crippen LogP contribution in [0.25, 0.3) is 0 Å². The Morgan fingerprint density at radius 2 is 1.42 bits per heavy atom. The van der Waals surface area contributed by atoms with E-state index in [9.17, 15) is 44.3 Å². The highest BCUT2D eigenvalue weighted by molar-refractivity contribution is 5.90. The lowest BCUT2D eigenvalue weighted by atomic mass is 10.0. The highest BCUT2D eigenvalue weighted by atomic mass is 19.4. The quantitative estimate of drug-likeness (QED) is 0.730. The summed E-state index contributed by atoms with van der Waals surface area (Å²) in [7, 11) is 0. The number of hydrogen-bond donors (Lipinski definition) is 2. The van der Waals surface area contributed by atoms with Crippen molar-refractivity contribution in [2.24, 2.45) is 0 Å². The molecule has 3 nitrogen and oxygen atoms in total. The second-order valence-electron chi connectivity index (χ2n) is 4.78. The first-order valence-corrected chi connectivity index (χ1v) is 5.98. The molecule has 0 aromatic heterocycles. The number of anilines is 1. The third-order valence-corrected chi connectivity index (χ3v) is 2.95. The van der Waals surface area contributed by atoms with E-state index in [2.05, 4.69) is 0 Å². The molecule has 0 unspecified atom stereocenters. The molecule has 0 bridgehead atoms. The van der Waals surface area contributed by atoms with Crippen molar-refractivity contribution in [2.45, 2.75) is 31.0 Å². The number of alkyl halides is 9. The molecule has 1 rings (SSSR count). The van der Waals surface area contributed by atoms with Crippen molar-refractivity contribution in [1.29, 1.82) is 0 Å². The number of benzene rings is 1. The van der Waals surface area contributed by atoms with Gasteiger partial charge in [0.25, 0.3) is 0 Å². The molecule has 0 saturated heterocycles. The summed E-state index contributed by atoms with van der Waals surface area (Å²) >= 11 is 0. The second-order valence-corrected chi connectivity index (χ2v) is 4.78. The maximum atomic E-state index is 12.6. The predicted octanol–water partition coefficient (Wildman–Crippen LogP) is 4.71. The van der Waals surface area contributed by atoms with Crippen molar-refractivity contribution in [3.63, 3.8) is 0 Å². The van der Waals surface area contributed by atoms with Crippen LogP contribution in [-0.2, 0) is 6.18 Å². The fourth-order valence-electron chi connectivity index (χ4n) is 1.47. The van der Waals surface area contributed by atoms with Gasteiger partial charge in [-0.3, -0.25) is 0 Å². The van der Waals surface area contributed by atoms with Gasteiger partial charge in [-0.1, -0.05) is 6.07 Å². The molecule has 0 fully saturated rings. The minimum Gasteiger partial charge on any atom is -0.316 e. The minimum atomic E-state index is -5.88. The SMILES string of the molecule is CC(NC(=O)Nc1cccc(C(F)(F)F)c1)(C(F)(F)F)C(F)(F)F. The van der Waals surface area contributed by atoms with Gasteiger partial charge >= 0.3 is 24.6 Å². The van der Waals surface area contributed by atoms with E-state index in [0.717, 1.165) is 12.1 Å². The third kappa shape index (κ3) is 4.23. The number of hydrogen-bond acceptors (Lipinski definition) is 1. The molecular formula is C12H9F9N2O. The Labute approximate surface area is 128 Å². The van der Waals surface area contributed by atoms with Crippen LogP contribution in [0.2, 0.25) is 0 Å². The zero-order valence-electron chi connectivity index (χ0n) is 11.6. The van der Waals surface area contributed by atoms with Crippen molar-refractivity contribution in [3.8, 4) is 0 Å². The van der Waals surface area contributed by atoms with Gasteiger partial charge in [-0.15, -0.1) is 0 Å². The van der Waals surface area contributed by atoms with Crippen molar-refractivity contribution >= 4 is 11.7 Å². The molecule has 2 N–H and O–H groups in total. The zero-order chi connectivity index (χ0) is 19.0. The molecule has 1 aromatic carbocycles. The Hall–Kier alpha value is -2.14. The Balaban J connectivity index is 3.00. The maximum Gasteiger partial charge on any atom is 0.420 e. The van der Waals surface area contributed by atoms with Crippen LogP contribution < -0.4 is 10.6 Å². The highest BCUT2D eigenvalue weighted by Crippen LogP contribution is 2.42. The summed E-state index contributed by atoms with van der Waals surface area (Å²) in [5, 5.41) is 2.20. The van der Waals surface area contributed by atoms with E-state index in [0.29, 0.717) is 17.4 Å². The summed E-state index contributed by atoms with van der Waals surface area (Å²) in [5.41, 5.74) is -6.45. The van der Waals surface area contributed by atoms with Gasteiger partial charge in [-0.05, 0) is 25.1 Å². The van der Waals surface area contributed by atoms with Crippen LogP contribution in [0.15, 0.2) is 24.3 Å². The first-order valence-electron chi connectivity index (χ1n) is 5.98. The summed E-state index contributed by atoms with van der Waals surface area (Å²) in [4.78, 5) is 11.4. The summed E-state index contributed by atoms with van der Waals surface area (Å²) in [5.74, 6) is 0. The van der Waals surface area contributed by atoms with Crippen LogP contribution in [0.4, 0.5) is 50.0 Å². The predicted molar refractivity (Wildman–Crippen MR) is 64.1 cm³/mol. The van der Waals surface area contributed by atoms with Gasteiger partial charge in [-0.2, -0.15) is 39.5 Å². The standard InChI is InChI=1S/C12H9F9N2O/c1-9(11(16,17)18,12(19,20)21)23-8(24)22-7-4-2-3-6(5-7)10(13,14)15/h2-5H,1H3,(H2,22,23,24). The molecule has 0 spiro atoms. The Bertz CT molecular complexity index is 590. The van der Waals surface area contributed by atoms with Gasteiger partial charge < -0.3 is 10.6 Å². The van der Waals surface area contributed by atoms with E-state index in [1.54, 1.807) is 0 Å². The Kier molecular flexibility index (Phi) is 5.02. The smallest absolute Gasteiger partial charge is 0.316 e. The van der Waals surface area contributed by atoms with Crippen LogP contribution in [0.5, 0.6) is 0 Å². The summed E-state index contributed by atoms with van der Waals surface area (Å²) < 4.78 is 113. The number of urea groups is 1. The summed E-state index contributed by atoms with van der Waals surface area (Å²) in [6, 6.07) is 0.696. The zero-order valence-corrected chi connectivity index (χ0v) is 11.6. The van der Waals surface area contributed by atoms with Crippen LogP contribution >= 0.6 is 0 Å². The highest BCUT2D eigenvalue weighted by Gasteiger charge is 2.68. The molecule has 24 heavy (non-hydrogen) atoms. The van der Waals surface area contributed by atoms with Gasteiger partial charge in [0.05, 0.1) is 5.56 Å². The number of amides is 2. The van der Waals surface area contributed by atoms with E-state index in [4.69, 9.17) is 0 Å². The maximum absolute atomic E-state index is 12.6. The van der Waals surface area contributed by atoms with Crippen LogP contribution in [0.1, 0.15) is 12.5 Å². The number of carbonyl (C=O) groups is 1. The van der Waals surface area contributed by atoms with Crippen LogP contribution in [0.3, 0.4) is 0 Å². The van der Waals surface area contributed by atoms with Gasteiger partial charge in [0.15, 0.2) is 0 Å². The number of nitrogens with one attached hydrogen (secondary N) is 2. The van der Waals surface area contributed by atoms with Crippen molar-refractivity contribution in [2.75, 3.05) is 5.32 Å². The fraction of sp³-hybridized carbons (Fsp3) is 0.417. The largest absolute Gasteiger partial charge is 0.420 e. The molecule has 0 heterocycles. The van der Waals surface area contributed by atoms with E-state index in [-0.39, 0.29) is 6.92 Å². The lowest BCUT2D eigenvalue weighted by Crippen LogP contribution is -2.66. The lowest BCUT2D eigenvalue weighted by molar-refractivity contribution is -0.297. The van der Waals surface area contributed by atoms with E-state index < -0.39 is 41.3 Å². The Morgan fingerprint density at radius 3 is 1.83 bits per heavy atom. The number of carbonyl (C=O) groups excluding carboxylic acids is 1. The Morgan fingerprint density at radius 1 is 0.917 bits per heavy atom. The fourth-order valence-corrected chi connectivity index (χ4v) is 1.47. The molecule has 1 aromatic rings. The van der Waals surface area contributed by atoms with Gasteiger partial charge in [0.2, 0.25) is 5.54 Å². The first-order chi connectivity index (χ1) is 10.6. The molecule has 0 radical (unpaired) electrons. The van der Waals surface area contributed by atoms with E-state index >= 15 is 0 Å². The molecule has 0 atom stereocenters. The van der Waals surface area contributed by atoms with E-state index in [1.165, 1.54) is 5.32 Å². The molecule has 0 aliphatic heterocycles. The van der Waals surface area contributed by atoms with Crippen LogP contribution in [-0.4, -0.2) is 23.9 Å². The molecule has 0 aliphatic carbocycles. The molecule has 2 amide bonds. The molecule has 136 valence electrons. The van der Waals surface area contributed by atoms with E-state index in [1.807, 2.05) is 0 Å². The van der Waals surface area contributed by atoms with Gasteiger partial charge in [0.1, 0.15) is 0 Å². The van der Waals surface area contributed by atoms with Crippen molar-refractivity contribution in [1.82, 2.24) is 5.32 Å². The van der Waals surface area contributed by atoms with Crippen molar-refractivity contribution < 1.29 is 44.3 Å². The van der Waals surface area contributed by atoms with Gasteiger partial charge in [-0.25, -0.2) is 4.79 Å². The third-order valence-electron chi connectivity index (χ3n) is 2.95. The first kappa shape index (κ1) is 19.9. The molecule has 12 heteroatoms. The topological polar surface area (TPSA) is 41.1 Å². The lowest BCUT2D eigenvalue weighted by Gasteiger charge is -2.34. The minimum absolute atomic E-state index is 0.307. The monoisotopic (exact) mass is 368 g/mol. The van der Waals surface area contributed by atoms with Gasteiger partial charge in [0, 0.05) is 5.69 Å². The molecule has 0 saturated carbocycles. The number of halogens is 9. The molecular weight excluding hydrogens is 359 g/mol. The van der Waals surface area contributed by atoms with Crippen LogP contribution in [0, 0.1) is 0 Å². The normalized spacial score (nSPS) is 13.6. The number of rotatable bonds is 2. The molecule has 0 aliphatic rings. The summed E-state index contributed by atoms with van der Waals surface area (Å²) in [6.07, 6.45) is -16.6. The average molecular weight is 368 g/mol. The second kappa shape index (κ2) is 6.06. The van der Waals surface area contributed by atoms with Crippen molar-refractivity contribution in [3.05, 3.63) is 29.8 Å². The average Bonchev–Trinajstić information content (AvgIpc) is 2.35.